The van der Waals surface area contributed by atoms with E-state index in [1.807, 2.05) is 0 Å². The van der Waals surface area contributed by atoms with E-state index in [-0.39, 0.29) is 6.61 Å². The Morgan fingerprint density at radius 3 is 1.93 bits per heavy atom. The molecule has 0 aromatic rings. The normalized spacial score (nSPS) is 26.5. The summed E-state index contributed by atoms with van der Waals surface area (Å²) in [7, 11) is 0. The summed E-state index contributed by atoms with van der Waals surface area (Å²) in [6, 6.07) is 0. The Labute approximate surface area is 167 Å². The predicted octanol–water partition coefficient (Wildman–Crippen LogP) is 0.826. The topological polar surface area (TPSA) is 114 Å². The van der Waals surface area contributed by atoms with Gasteiger partial charge in [-0.05, 0) is 0 Å². The summed E-state index contributed by atoms with van der Waals surface area (Å²) in [5.41, 5.74) is -0.783. The van der Waals surface area contributed by atoms with Crippen LogP contribution in [0.25, 0.3) is 0 Å². The molecule has 1 heterocycles. The molecule has 10 heteroatoms. The lowest BCUT2D eigenvalue weighted by molar-refractivity contribution is -0.237. The van der Waals surface area contributed by atoms with Crippen LogP contribution in [0.15, 0.2) is 0 Å². The molecule has 0 N–H and O–H groups in total. The first-order chi connectivity index (χ1) is 13.1. The summed E-state index contributed by atoms with van der Waals surface area (Å²) in [6.45, 7) is 4.51. The van der Waals surface area contributed by atoms with E-state index < -0.39 is 53.7 Å². The fourth-order valence-electron chi connectivity index (χ4n) is 2.56. The van der Waals surface area contributed by atoms with Crippen LogP contribution in [0.5, 0.6) is 0 Å². The van der Waals surface area contributed by atoms with E-state index in [9.17, 15) is 19.2 Å². The summed E-state index contributed by atoms with van der Waals surface area (Å²) in [6.07, 6.45) is 1.41. The van der Waals surface area contributed by atoms with E-state index in [4.69, 9.17) is 30.1 Å². The zero-order chi connectivity index (χ0) is 21.3. The Hall–Kier alpha value is -2.25. The van der Waals surface area contributed by atoms with E-state index in [0.29, 0.717) is 12.2 Å². The molecule has 0 aromatic heterocycles. The van der Waals surface area contributed by atoms with Crippen LogP contribution in [0.1, 0.15) is 34.1 Å². The van der Waals surface area contributed by atoms with Crippen molar-refractivity contribution in [3.63, 3.8) is 0 Å². The highest BCUT2D eigenvalue weighted by molar-refractivity contribution is 7.99. The first kappa shape index (κ1) is 23.8. The van der Waals surface area contributed by atoms with Crippen LogP contribution in [-0.4, -0.2) is 66.1 Å². The molecule has 0 saturated carbocycles. The lowest BCUT2D eigenvalue weighted by Gasteiger charge is -2.44. The minimum atomic E-state index is -1.15. The summed E-state index contributed by atoms with van der Waals surface area (Å²) < 4.78 is 26.8. The lowest BCUT2D eigenvalue weighted by Crippen LogP contribution is -2.61. The number of carbonyl (C=O) groups is 4. The maximum atomic E-state index is 11.7. The Balaban J connectivity index is 3.23. The van der Waals surface area contributed by atoms with Crippen molar-refractivity contribution in [3.8, 4) is 12.3 Å². The molecule has 0 bridgehead atoms. The molecule has 0 aromatic carbocycles. The Morgan fingerprint density at radius 2 is 1.43 bits per heavy atom. The molecule has 1 aliphatic rings. The average molecular weight is 416 g/mol. The SMILES string of the molecule is C#CCCS[C@@H]1O[C@H](COC(C)=O)[C@@H](OC(C)=O)[C@H](OC(C)=O)[C@H]1OC(C)=O. The summed E-state index contributed by atoms with van der Waals surface area (Å²) in [5, 5.41) is 0. The second kappa shape index (κ2) is 11.6. The van der Waals surface area contributed by atoms with Crippen LogP contribution >= 0.6 is 11.8 Å². The highest BCUT2D eigenvalue weighted by atomic mass is 32.2. The lowest BCUT2D eigenvalue weighted by atomic mass is 9.99. The standard InChI is InChI=1S/C18H24O9S/c1-6-7-8-28-18-17(26-13(5)22)16(25-12(4)21)15(24-11(3)20)14(27-18)9-23-10(2)19/h1,14-18H,7-9H2,2-5H3/t14-,15-,16+,17-,18+/m1/s1. The van der Waals surface area contributed by atoms with E-state index in [2.05, 4.69) is 5.92 Å². The van der Waals surface area contributed by atoms with Crippen molar-refractivity contribution < 1.29 is 42.9 Å². The fraction of sp³-hybridized carbons (Fsp3) is 0.667. The third-order valence-electron chi connectivity index (χ3n) is 3.48. The summed E-state index contributed by atoms with van der Waals surface area (Å²) in [5.74, 6) is 0.433. The zero-order valence-electron chi connectivity index (χ0n) is 16.2. The monoisotopic (exact) mass is 416 g/mol. The van der Waals surface area contributed by atoms with Gasteiger partial charge in [-0.25, -0.2) is 0 Å². The molecule has 1 rings (SSSR count). The second-order valence-corrected chi connectivity index (χ2v) is 7.10. The van der Waals surface area contributed by atoms with Crippen molar-refractivity contribution >= 4 is 35.6 Å². The van der Waals surface area contributed by atoms with E-state index in [1.54, 1.807) is 0 Å². The van der Waals surface area contributed by atoms with Crippen molar-refractivity contribution in [2.45, 2.75) is 64.0 Å². The Kier molecular flexibility index (Phi) is 9.82. The van der Waals surface area contributed by atoms with E-state index in [1.165, 1.54) is 39.5 Å². The zero-order valence-corrected chi connectivity index (χ0v) is 17.0. The molecule has 0 amide bonds. The number of hydrogen-bond donors (Lipinski definition) is 0. The van der Waals surface area contributed by atoms with Crippen LogP contribution in [-0.2, 0) is 42.9 Å². The number of carbonyl (C=O) groups excluding carboxylic acids is 4. The van der Waals surface area contributed by atoms with Crippen LogP contribution in [0.2, 0.25) is 0 Å². The molecule has 1 aliphatic heterocycles. The highest BCUT2D eigenvalue weighted by Gasteiger charge is 2.52. The second-order valence-electron chi connectivity index (χ2n) is 5.89. The minimum Gasteiger partial charge on any atom is -0.463 e. The molecule has 1 saturated heterocycles. The van der Waals surface area contributed by atoms with Gasteiger partial charge in [-0.15, -0.1) is 24.1 Å². The van der Waals surface area contributed by atoms with E-state index >= 15 is 0 Å². The molecule has 28 heavy (non-hydrogen) atoms. The van der Waals surface area contributed by atoms with E-state index in [0.717, 1.165) is 0 Å². The van der Waals surface area contributed by atoms with Gasteiger partial charge in [0, 0.05) is 39.9 Å². The third kappa shape index (κ3) is 7.78. The molecule has 0 unspecified atom stereocenters. The van der Waals surface area contributed by atoms with Crippen molar-refractivity contribution in [2.75, 3.05) is 12.4 Å². The van der Waals surface area contributed by atoms with Gasteiger partial charge in [0.2, 0.25) is 0 Å². The van der Waals surface area contributed by atoms with Gasteiger partial charge in [-0.1, -0.05) is 0 Å². The molecular formula is C18H24O9S. The minimum absolute atomic E-state index is 0.246. The fourth-order valence-corrected chi connectivity index (χ4v) is 3.65. The Bertz CT molecular complexity index is 627. The van der Waals surface area contributed by atoms with Crippen molar-refractivity contribution in [1.82, 2.24) is 0 Å². The van der Waals surface area contributed by atoms with Gasteiger partial charge < -0.3 is 23.7 Å². The number of ether oxygens (including phenoxy) is 5. The van der Waals surface area contributed by atoms with Crippen LogP contribution in [0, 0.1) is 12.3 Å². The van der Waals surface area contributed by atoms with Gasteiger partial charge in [-0.3, -0.25) is 19.2 Å². The maximum absolute atomic E-state index is 11.7. The van der Waals surface area contributed by atoms with Gasteiger partial charge in [0.1, 0.15) is 18.1 Å². The van der Waals surface area contributed by atoms with Gasteiger partial charge >= 0.3 is 23.9 Å². The summed E-state index contributed by atoms with van der Waals surface area (Å²) in [4.78, 5) is 46.1. The smallest absolute Gasteiger partial charge is 0.303 e. The van der Waals surface area contributed by atoms with Gasteiger partial charge in [0.15, 0.2) is 18.3 Å². The maximum Gasteiger partial charge on any atom is 0.303 e. The van der Waals surface area contributed by atoms with Gasteiger partial charge in [0.25, 0.3) is 0 Å². The molecule has 0 spiro atoms. The van der Waals surface area contributed by atoms with Crippen LogP contribution in [0.3, 0.4) is 0 Å². The third-order valence-corrected chi connectivity index (χ3v) is 4.62. The average Bonchev–Trinajstić information content (AvgIpc) is 2.57. The highest BCUT2D eigenvalue weighted by Crippen LogP contribution is 2.34. The molecule has 0 aliphatic carbocycles. The number of rotatable bonds is 8. The number of terminal acetylenes is 1. The van der Waals surface area contributed by atoms with Crippen LogP contribution in [0.4, 0.5) is 0 Å². The molecule has 9 nitrogen and oxygen atoms in total. The number of hydrogen-bond acceptors (Lipinski definition) is 10. The Morgan fingerprint density at radius 1 is 0.893 bits per heavy atom. The van der Waals surface area contributed by atoms with Crippen molar-refractivity contribution in [3.05, 3.63) is 0 Å². The molecular weight excluding hydrogens is 392 g/mol. The molecule has 0 radical (unpaired) electrons. The van der Waals surface area contributed by atoms with Gasteiger partial charge in [-0.2, -0.15) is 0 Å². The predicted molar refractivity (Wildman–Crippen MR) is 97.9 cm³/mol. The van der Waals surface area contributed by atoms with Crippen LogP contribution < -0.4 is 0 Å². The largest absolute Gasteiger partial charge is 0.463 e. The van der Waals surface area contributed by atoms with Crippen molar-refractivity contribution in [1.29, 1.82) is 0 Å². The quantitative estimate of drug-likeness (QED) is 0.244. The van der Waals surface area contributed by atoms with Crippen molar-refractivity contribution in [2.24, 2.45) is 0 Å². The van der Waals surface area contributed by atoms with Gasteiger partial charge in [0.05, 0.1) is 0 Å². The number of thioether (sulfide) groups is 1. The summed E-state index contributed by atoms with van der Waals surface area (Å²) >= 11 is 1.25. The molecule has 5 atom stereocenters. The molecule has 156 valence electrons. The first-order valence-corrected chi connectivity index (χ1v) is 9.56. The molecule has 1 fully saturated rings. The number of esters is 4. The first-order valence-electron chi connectivity index (χ1n) is 8.51.